The molecule has 1 fully saturated rings. The summed E-state index contributed by atoms with van der Waals surface area (Å²) in [5, 5.41) is 40.5. The molecule has 180 valence electrons. The van der Waals surface area contributed by atoms with E-state index in [0.29, 0.717) is 22.8 Å². The minimum Gasteiger partial charge on any atom is -0.504 e. The molecule has 0 radical (unpaired) electrons. The van der Waals surface area contributed by atoms with E-state index in [-0.39, 0.29) is 34.8 Å². The van der Waals surface area contributed by atoms with Crippen molar-refractivity contribution in [3.8, 4) is 39.9 Å². The van der Waals surface area contributed by atoms with Crippen LogP contribution in [0.25, 0.3) is 22.1 Å². The van der Waals surface area contributed by atoms with Crippen molar-refractivity contribution in [3.63, 3.8) is 0 Å². The van der Waals surface area contributed by atoms with Crippen LogP contribution in [0.5, 0.6) is 28.7 Å². The average molecular weight is 474 g/mol. The molecule has 4 N–H and O–H groups in total. The maximum Gasteiger partial charge on any atom is 0.231 e. The van der Waals surface area contributed by atoms with Gasteiger partial charge in [0, 0.05) is 6.07 Å². The summed E-state index contributed by atoms with van der Waals surface area (Å²) in [6.07, 6.45) is -5.41. The van der Waals surface area contributed by atoms with Crippen LogP contribution in [0.15, 0.2) is 39.7 Å². The normalized spacial score (nSPS) is 26.0. The maximum absolute atomic E-state index is 13.3. The van der Waals surface area contributed by atoms with Crippen LogP contribution >= 0.6 is 0 Å². The number of methoxy groups -OCH3 is 1. The lowest BCUT2D eigenvalue weighted by Crippen LogP contribution is -2.58. The summed E-state index contributed by atoms with van der Waals surface area (Å²) in [7, 11) is 1.47. The van der Waals surface area contributed by atoms with Crippen LogP contribution in [-0.2, 0) is 4.74 Å². The topological polar surface area (TPSA) is 157 Å². The molecule has 0 amide bonds. The van der Waals surface area contributed by atoms with Gasteiger partial charge in [0.15, 0.2) is 23.0 Å². The molecule has 0 aliphatic carbocycles. The molecule has 0 saturated carbocycles. The second-order valence-corrected chi connectivity index (χ2v) is 8.01. The molecule has 1 saturated heterocycles. The van der Waals surface area contributed by atoms with Crippen LogP contribution in [0.4, 0.5) is 0 Å². The number of benzene rings is 2. The quantitative estimate of drug-likeness (QED) is 0.429. The first-order chi connectivity index (χ1) is 16.3. The van der Waals surface area contributed by atoms with Crippen molar-refractivity contribution in [1.29, 1.82) is 0 Å². The van der Waals surface area contributed by atoms with E-state index < -0.39 is 36.1 Å². The van der Waals surface area contributed by atoms with Crippen molar-refractivity contribution in [2.75, 3.05) is 13.9 Å². The minimum atomic E-state index is -1.59. The van der Waals surface area contributed by atoms with Crippen molar-refractivity contribution < 1.29 is 48.5 Å². The Morgan fingerprint density at radius 3 is 2.56 bits per heavy atom. The molecule has 11 heteroatoms. The molecule has 2 aliphatic rings. The number of aromatic hydroxyl groups is 1. The average Bonchev–Trinajstić information content (AvgIpc) is 3.30. The first-order valence-electron chi connectivity index (χ1n) is 10.4. The number of ether oxygens (including phenoxy) is 5. The third-order valence-corrected chi connectivity index (χ3v) is 5.88. The SMILES string of the molecule is COc1cc(-c2coc3cc(O)c(O[C@@H]4O[C@@H](C)[C@H](O)[C@@H](O)[C@@H]4O)cc3c2=O)cc2c1OCO2. The van der Waals surface area contributed by atoms with Gasteiger partial charge in [0.25, 0.3) is 0 Å². The second kappa shape index (κ2) is 8.37. The number of hydrogen-bond acceptors (Lipinski definition) is 11. The van der Waals surface area contributed by atoms with E-state index in [0.717, 1.165) is 0 Å². The Morgan fingerprint density at radius 1 is 1.00 bits per heavy atom. The lowest BCUT2D eigenvalue weighted by molar-refractivity contribution is -0.268. The van der Waals surface area contributed by atoms with E-state index >= 15 is 0 Å². The van der Waals surface area contributed by atoms with Crippen molar-refractivity contribution >= 4 is 11.0 Å². The van der Waals surface area contributed by atoms with Gasteiger partial charge in [-0.05, 0) is 30.7 Å². The monoisotopic (exact) mass is 474 g/mol. The molecule has 0 bridgehead atoms. The molecule has 11 nitrogen and oxygen atoms in total. The number of fused-ring (bicyclic) bond motifs is 2. The molecule has 0 spiro atoms. The number of phenolic OH excluding ortho intramolecular Hbond substituents is 1. The molecular formula is C23H22O11. The molecule has 3 heterocycles. The fourth-order valence-corrected chi connectivity index (χ4v) is 3.96. The fourth-order valence-electron chi connectivity index (χ4n) is 3.96. The van der Waals surface area contributed by atoms with Crippen molar-refractivity contribution in [2.45, 2.75) is 37.6 Å². The van der Waals surface area contributed by atoms with Gasteiger partial charge in [-0.2, -0.15) is 0 Å². The zero-order chi connectivity index (χ0) is 24.1. The summed E-state index contributed by atoms with van der Waals surface area (Å²) < 4.78 is 32.7. The molecule has 3 aromatic rings. The van der Waals surface area contributed by atoms with Gasteiger partial charge in [-0.15, -0.1) is 0 Å². The van der Waals surface area contributed by atoms with E-state index in [2.05, 4.69) is 0 Å². The van der Waals surface area contributed by atoms with Gasteiger partial charge in [-0.1, -0.05) is 0 Å². The summed E-state index contributed by atoms with van der Waals surface area (Å²) in [5.41, 5.74) is 0.326. The van der Waals surface area contributed by atoms with Crippen LogP contribution in [0.1, 0.15) is 6.92 Å². The lowest BCUT2D eigenvalue weighted by Gasteiger charge is -2.38. The Balaban J connectivity index is 1.54. The standard InChI is InChI=1S/C23H22O11/c1-9-18(25)20(27)21(28)23(33-9)34-15-5-11-14(6-13(15)24)30-7-12(19(11)26)10-3-16(29-2)22-17(4-10)31-8-32-22/h3-7,9,18,20-21,23-25,27-28H,8H2,1-2H3/t9-,18-,20+,21-,23-/m0/s1. The smallest absolute Gasteiger partial charge is 0.231 e. The van der Waals surface area contributed by atoms with Gasteiger partial charge < -0.3 is 48.5 Å². The minimum absolute atomic E-state index is 0.0287. The number of hydrogen-bond donors (Lipinski definition) is 4. The molecule has 2 aromatic carbocycles. The predicted octanol–water partition coefficient (Wildman–Crippen LogP) is 1.11. The van der Waals surface area contributed by atoms with Gasteiger partial charge in [-0.3, -0.25) is 4.79 Å². The highest BCUT2D eigenvalue weighted by Crippen LogP contribution is 2.44. The predicted molar refractivity (Wildman–Crippen MR) is 115 cm³/mol. The number of aliphatic hydroxyl groups is 3. The van der Waals surface area contributed by atoms with Crippen LogP contribution < -0.4 is 24.4 Å². The Morgan fingerprint density at radius 2 is 1.79 bits per heavy atom. The van der Waals surface area contributed by atoms with Gasteiger partial charge in [0.1, 0.15) is 30.2 Å². The van der Waals surface area contributed by atoms with Gasteiger partial charge in [0.05, 0.1) is 24.2 Å². The molecule has 1 aromatic heterocycles. The summed E-state index contributed by atoms with van der Waals surface area (Å²) in [6, 6.07) is 5.69. The zero-order valence-electron chi connectivity index (χ0n) is 18.1. The Kier molecular flexibility index (Phi) is 5.48. The summed E-state index contributed by atoms with van der Waals surface area (Å²) in [5.74, 6) is 0.682. The maximum atomic E-state index is 13.3. The van der Waals surface area contributed by atoms with Crippen molar-refractivity contribution in [3.05, 3.63) is 40.8 Å². The van der Waals surface area contributed by atoms with Gasteiger partial charge in [0.2, 0.25) is 24.3 Å². The lowest BCUT2D eigenvalue weighted by atomic mass is 10.00. The third kappa shape index (κ3) is 3.59. The highest BCUT2D eigenvalue weighted by atomic mass is 16.7. The van der Waals surface area contributed by atoms with Gasteiger partial charge >= 0.3 is 0 Å². The van der Waals surface area contributed by atoms with E-state index in [1.165, 1.54) is 32.4 Å². The van der Waals surface area contributed by atoms with E-state index in [1.54, 1.807) is 12.1 Å². The Bertz CT molecular complexity index is 1300. The molecule has 2 aliphatic heterocycles. The molecule has 5 rings (SSSR count). The van der Waals surface area contributed by atoms with Gasteiger partial charge in [-0.25, -0.2) is 0 Å². The highest BCUT2D eigenvalue weighted by Gasteiger charge is 2.43. The van der Waals surface area contributed by atoms with Crippen molar-refractivity contribution in [1.82, 2.24) is 0 Å². The highest BCUT2D eigenvalue weighted by molar-refractivity contribution is 5.85. The summed E-state index contributed by atoms with van der Waals surface area (Å²) in [4.78, 5) is 13.3. The number of aliphatic hydroxyl groups excluding tert-OH is 3. The van der Waals surface area contributed by atoms with Crippen molar-refractivity contribution in [2.24, 2.45) is 0 Å². The summed E-state index contributed by atoms with van der Waals surface area (Å²) in [6.45, 7) is 1.53. The molecule has 34 heavy (non-hydrogen) atoms. The first kappa shape index (κ1) is 22.3. The molecule has 5 atom stereocenters. The van der Waals surface area contributed by atoms with Crippen LogP contribution in [0.2, 0.25) is 0 Å². The number of rotatable bonds is 4. The van der Waals surface area contributed by atoms with Crippen LogP contribution in [0, 0.1) is 0 Å². The molecular weight excluding hydrogens is 452 g/mol. The Labute approximate surface area is 192 Å². The summed E-state index contributed by atoms with van der Waals surface area (Å²) >= 11 is 0. The van der Waals surface area contributed by atoms with Crippen LogP contribution in [0.3, 0.4) is 0 Å². The Hall–Kier alpha value is -3.51. The van der Waals surface area contributed by atoms with E-state index in [4.69, 9.17) is 28.1 Å². The van der Waals surface area contributed by atoms with Crippen LogP contribution in [-0.4, -0.2) is 65.0 Å². The van der Waals surface area contributed by atoms with E-state index in [9.17, 15) is 25.2 Å². The number of phenols is 1. The second-order valence-electron chi connectivity index (χ2n) is 8.01. The first-order valence-corrected chi connectivity index (χ1v) is 10.4. The third-order valence-electron chi connectivity index (χ3n) is 5.88. The largest absolute Gasteiger partial charge is 0.504 e. The zero-order valence-corrected chi connectivity index (χ0v) is 18.1. The van der Waals surface area contributed by atoms with E-state index in [1.807, 2.05) is 0 Å². The fraction of sp³-hybridized carbons (Fsp3) is 0.348. The molecule has 0 unspecified atom stereocenters.